The molecule has 1 aromatic rings. The summed E-state index contributed by atoms with van der Waals surface area (Å²) in [6.45, 7) is 3.63. The molecule has 1 atom stereocenters. The zero-order valence-corrected chi connectivity index (χ0v) is 14.5. The van der Waals surface area contributed by atoms with Gasteiger partial charge < -0.3 is 20.1 Å². The maximum atomic E-state index is 12.2. The van der Waals surface area contributed by atoms with Crippen molar-refractivity contribution < 1.29 is 14.6 Å². The lowest BCUT2D eigenvalue weighted by Crippen LogP contribution is -2.41. The van der Waals surface area contributed by atoms with Crippen molar-refractivity contribution in [3.05, 3.63) is 28.8 Å². The molecule has 23 heavy (non-hydrogen) atoms. The second kappa shape index (κ2) is 7.88. The molecule has 0 bridgehead atoms. The number of ether oxygens (including phenoxy) is 1. The summed E-state index contributed by atoms with van der Waals surface area (Å²) in [5.41, 5.74) is 0.317. The zero-order chi connectivity index (χ0) is 16.9. The molecule has 5 nitrogen and oxygen atoms in total. The molecule has 1 fully saturated rings. The summed E-state index contributed by atoms with van der Waals surface area (Å²) >= 11 is 6.19. The smallest absolute Gasteiger partial charge is 0.317 e. The first-order chi connectivity index (χ1) is 10.9. The van der Waals surface area contributed by atoms with Gasteiger partial charge in [0.25, 0.3) is 0 Å². The van der Waals surface area contributed by atoms with Crippen LogP contribution in [0.5, 0.6) is 5.75 Å². The zero-order valence-electron chi connectivity index (χ0n) is 13.8. The predicted octanol–water partition coefficient (Wildman–Crippen LogP) is 2.84. The fourth-order valence-corrected chi connectivity index (χ4v) is 3.01. The van der Waals surface area contributed by atoms with Crippen LogP contribution in [0.3, 0.4) is 0 Å². The maximum Gasteiger partial charge on any atom is 0.317 e. The average Bonchev–Trinajstić information content (AvgIpc) is 2.69. The van der Waals surface area contributed by atoms with E-state index in [1.54, 1.807) is 18.1 Å². The quantitative estimate of drug-likeness (QED) is 0.886. The van der Waals surface area contributed by atoms with Crippen LogP contribution in [0.15, 0.2) is 18.2 Å². The Kier molecular flexibility index (Phi) is 6.13. The van der Waals surface area contributed by atoms with E-state index in [2.05, 4.69) is 5.32 Å². The molecule has 2 rings (SSSR count). The lowest BCUT2D eigenvalue weighted by Gasteiger charge is -2.23. The highest BCUT2D eigenvalue weighted by Gasteiger charge is 2.26. The monoisotopic (exact) mass is 340 g/mol. The van der Waals surface area contributed by atoms with Crippen LogP contribution >= 0.6 is 11.6 Å². The summed E-state index contributed by atoms with van der Waals surface area (Å²) in [6, 6.07) is 5.47. The number of nitrogens with one attached hydrogen (secondary N) is 1. The second-order valence-corrected chi connectivity index (χ2v) is 6.68. The number of urea groups is 1. The van der Waals surface area contributed by atoms with E-state index in [1.165, 1.54) is 0 Å². The van der Waals surface area contributed by atoms with Crippen molar-refractivity contribution in [2.75, 3.05) is 26.7 Å². The molecule has 0 saturated carbocycles. The number of aliphatic hydroxyl groups is 1. The molecule has 0 radical (unpaired) electrons. The van der Waals surface area contributed by atoms with Crippen LogP contribution in [0, 0.1) is 0 Å². The van der Waals surface area contributed by atoms with Crippen LogP contribution < -0.4 is 10.1 Å². The van der Waals surface area contributed by atoms with Crippen LogP contribution in [0.1, 0.15) is 31.7 Å². The van der Waals surface area contributed by atoms with Crippen molar-refractivity contribution in [1.29, 1.82) is 0 Å². The van der Waals surface area contributed by atoms with Gasteiger partial charge in [0.2, 0.25) is 0 Å². The maximum absolute atomic E-state index is 12.2. The Morgan fingerprint density at radius 1 is 1.43 bits per heavy atom. The Balaban J connectivity index is 1.80. The van der Waals surface area contributed by atoms with Crippen LogP contribution in [0.2, 0.25) is 5.02 Å². The van der Waals surface area contributed by atoms with Crippen molar-refractivity contribution in [3.8, 4) is 5.75 Å². The average molecular weight is 341 g/mol. The number of hydrogen-bond donors (Lipinski definition) is 2. The van der Waals surface area contributed by atoms with Gasteiger partial charge in [-0.05, 0) is 50.3 Å². The van der Waals surface area contributed by atoms with Gasteiger partial charge in [0.1, 0.15) is 5.75 Å². The molecule has 0 unspecified atom stereocenters. The summed E-state index contributed by atoms with van der Waals surface area (Å²) in [5, 5.41) is 13.6. The fourth-order valence-electron chi connectivity index (χ4n) is 2.74. The van der Waals surface area contributed by atoms with E-state index >= 15 is 0 Å². The molecule has 0 aliphatic carbocycles. The Morgan fingerprint density at radius 2 is 2.22 bits per heavy atom. The summed E-state index contributed by atoms with van der Waals surface area (Å²) in [5.74, 6) is 0.722. The summed E-state index contributed by atoms with van der Waals surface area (Å²) in [4.78, 5) is 14.0. The third-order valence-corrected chi connectivity index (χ3v) is 4.63. The number of nitrogens with zero attached hydrogens (tertiary/aromatic N) is 1. The summed E-state index contributed by atoms with van der Waals surface area (Å²) in [7, 11) is 1.60. The largest absolute Gasteiger partial charge is 0.497 e. The molecule has 0 spiro atoms. The second-order valence-electron chi connectivity index (χ2n) is 6.28. The van der Waals surface area contributed by atoms with Gasteiger partial charge in [-0.3, -0.25) is 0 Å². The molecule has 1 aromatic carbocycles. The standard InChI is InChI=1S/C17H25ClN2O3/c1-17(22)7-3-10-20(11-8-17)16(21)19-9-6-13-4-5-14(23-2)12-15(13)18/h4-5,12,22H,3,6-11H2,1-2H3,(H,19,21)/t17-/m1/s1. The first-order valence-corrected chi connectivity index (χ1v) is 8.37. The number of hydrogen-bond acceptors (Lipinski definition) is 3. The number of benzene rings is 1. The van der Waals surface area contributed by atoms with Gasteiger partial charge in [-0.2, -0.15) is 0 Å². The number of carbonyl (C=O) groups excluding carboxylic acids is 1. The van der Waals surface area contributed by atoms with Crippen LogP contribution in [0.4, 0.5) is 4.79 Å². The number of carbonyl (C=O) groups is 1. The van der Waals surface area contributed by atoms with E-state index in [0.717, 1.165) is 24.2 Å². The van der Waals surface area contributed by atoms with Gasteiger partial charge >= 0.3 is 6.03 Å². The van der Waals surface area contributed by atoms with Crippen molar-refractivity contribution >= 4 is 17.6 Å². The minimum Gasteiger partial charge on any atom is -0.497 e. The molecular formula is C17H25ClN2O3. The topological polar surface area (TPSA) is 61.8 Å². The Morgan fingerprint density at radius 3 is 2.91 bits per heavy atom. The van der Waals surface area contributed by atoms with Gasteiger partial charge in [0.05, 0.1) is 12.7 Å². The predicted molar refractivity (Wildman–Crippen MR) is 91.2 cm³/mol. The van der Waals surface area contributed by atoms with Crippen molar-refractivity contribution in [2.24, 2.45) is 0 Å². The van der Waals surface area contributed by atoms with Gasteiger partial charge in [-0.25, -0.2) is 4.79 Å². The Labute approximate surface area is 142 Å². The van der Waals surface area contributed by atoms with Crippen molar-refractivity contribution in [3.63, 3.8) is 0 Å². The molecule has 1 saturated heterocycles. The van der Waals surface area contributed by atoms with Gasteiger partial charge in [0, 0.05) is 24.7 Å². The lowest BCUT2D eigenvalue weighted by molar-refractivity contribution is 0.0457. The van der Waals surface area contributed by atoms with E-state index in [0.29, 0.717) is 37.5 Å². The minimum absolute atomic E-state index is 0.0765. The molecule has 1 heterocycles. The number of halogens is 1. The number of methoxy groups -OCH3 is 1. The Bertz CT molecular complexity index is 549. The number of amides is 2. The fraction of sp³-hybridized carbons (Fsp3) is 0.588. The van der Waals surface area contributed by atoms with Gasteiger partial charge in [-0.1, -0.05) is 17.7 Å². The van der Waals surface area contributed by atoms with E-state index in [-0.39, 0.29) is 6.03 Å². The SMILES string of the molecule is COc1ccc(CCNC(=O)N2CCC[C@@](C)(O)CC2)c(Cl)c1. The van der Waals surface area contributed by atoms with Crippen molar-refractivity contribution in [2.45, 2.75) is 38.2 Å². The van der Waals surface area contributed by atoms with Crippen LogP contribution in [0.25, 0.3) is 0 Å². The van der Waals surface area contributed by atoms with Crippen molar-refractivity contribution in [1.82, 2.24) is 10.2 Å². The lowest BCUT2D eigenvalue weighted by atomic mass is 9.98. The highest BCUT2D eigenvalue weighted by atomic mass is 35.5. The Hall–Kier alpha value is -1.46. The minimum atomic E-state index is -0.661. The molecular weight excluding hydrogens is 316 g/mol. The summed E-state index contributed by atoms with van der Waals surface area (Å²) < 4.78 is 5.12. The molecule has 128 valence electrons. The van der Waals surface area contributed by atoms with E-state index in [1.807, 2.05) is 19.1 Å². The highest BCUT2D eigenvalue weighted by Crippen LogP contribution is 2.23. The van der Waals surface area contributed by atoms with E-state index in [9.17, 15) is 9.90 Å². The van der Waals surface area contributed by atoms with E-state index in [4.69, 9.17) is 16.3 Å². The molecule has 2 amide bonds. The molecule has 1 aliphatic heterocycles. The summed E-state index contributed by atoms with van der Waals surface area (Å²) in [6.07, 6.45) is 2.84. The first-order valence-electron chi connectivity index (χ1n) is 7.99. The van der Waals surface area contributed by atoms with Crippen LogP contribution in [-0.4, -0.2) is 48.4 Å². The normalized spacial score (nSPS) is 21.7. The number of rotatable bonds is 4. The highest BCUT2D eigenvalue weighted by molar-refractivity contribution is 6.31. The molecule has 0 aromatic heterocycles. The molecule has 2 N–H and O–H groups in total. The molecule has 6 heteroatoms. The third kappa shape index (κ3) is 5.29. The molecule has 1 aliphatic rings. The van der Waals surface area contributed by atoms with Gasteiger partial charge in [0.15, 0.2) is 0 Å². The van der Waals surface area contributed by atoms with Gasteiger partial charge in [-0.15, -0.1) is 0 Å². The first kappa shape index (κ1) is 17.9. The third-order valence-electron chi connectivity index (χ3n) is 4.28. The number of likely N-dealkylation sites (tertiary alicyclic amines) is 1. The van der Waals surface area contributed by atoms with E-state index < -0.39 is 5.60 Å². The van der Waals surface area contributed by atoms with Crippen LogP contribution in [-0.2, 0) is 6.42 Å².